The van der Waals surface area contributed by atoms with Gasteiger partial charge in [0.15, 0.2) is 0 Å². The summed E-state index contributed by atoms with van der Waals surface area (Å²) >= 11 is 5.65. The summed E-state index contributed by atoms with van der Waals surface area (Å²) < 4.78 is 2.13. The number of hydrogen-bond donors (Lipinski definition) is 1. The third-order valence-corrected chi connectivity index (χ3v) is 3.35. The van der Waals surface area contributed by atoms with Gasteiger partial charge in [-0.2, -0.15) is 0 Å². The summed E-state index contributed by atoms with van der Waals surface area (Å²) in [6.45, 7) is 3.92. The average Bonchev–Trinajstić information content (AvgIpc) is 2.10. The Morgan fingerprint density at radius 2 is 2.20 bits per heavy atom. The largest absolute Gasteiger partial charge is 0.354 e. The molecule has 1 rings (SSSR count). The summed E-state index contributed by atoms with van der Waals surface area (Å²) in [5.74, 6) is 0.0704. The van der Waals surface area contributed by atoms with Gasteiger partial charge >= 0.3 is 0 Å². The monoisotopic (exact) mass is 381 g/mol. The molecule has 0 saturated heterocycles. The van der Waals surface area contributed by atoms with E-state index in [2.05, 4.69) is 43.8 Å². The van der Waals surface area contributed by atoms with Crippen LogP contribution in [0.1, 0.15) is 19.4 Å². The molecule has 0 aliphatic carbocycles. The molecule has 0 aromatic heterocycles. The maximum Gasteiger partial charge on any atom is 0.224 e. The highest BCUT2D eigenvalue weighted by Crippen LogP contribution is 2.18. The van der Waals surface area contributed by atoms with E-state index in [4.69, 9.17) is 0 Å². The van der Waals surface area contributed by atoms with Crippen molar-refractivity contribution in [2.45, 2.75) is 26.3 Å². The lowest BCUT2D eigenvalue weighted by molar-refractivity contribution is -0.120. The second-order valence-corrected chi connectivity index (χ2v) is 5.71. The van der Waals surface area contributed by atoms with E-state index >= 15 is 0 Å². The van der Waals surface area contributed by atoms with Gasteiger partial charge in [0.05, 0.1) is 6.42 Å². The zero-order chi connectivity index (χ0) is 11.4. The van der Waals surface area contributed by atoms with Crippen molar-refractivity contribution < 1.29 is 4.79 Å². The first kappa shape index (κ1) is 13.0. The molecule has 1 aromatic carbocycles. The Hall–Kier alpha value is -0.100. The first-order valence-corrected chi connectivity index (χ1v) is 6.59. The van der Waals surface area contributed by atoms with E-state index < -0.39 is 0 Å². The van der Waals surface area contributed by atoms with Crippen LogP contribution in [0.2, 0.25) is 0 Å². The minimum Gasteiger partial charge on any atom is -0.354 e. The smallest absolute Gasteiger partial charge is 0.224 e. The maximum atomic E-state index is 11.6. The van der Waals surface area contributed by atoms with Gasteiger partial charge in [0.2, 0.25) is 5.91 Å². The molecule has 1 N–H and O–H groups in total. The van der Waals surface area contributed by atoms with Gasteiger partial charge in [0.25, 0.3) is 0 Å². The minimum atomic E-state index is 0.0704. The van der Waals surface area contributed by atoms with Crippen LogP contribution in [0.5, 0.6) is 0 Å². The Kier molecular flexibility index (Phi) is 5.05. The molecular formula is C11H13BrINO. The summed E-state index contributed by atoms with van der Waals surface area (Å²) in [4.78, 5) is 11.6. The van der Waals surface area contributed by atoms with Gasteiger partial charge in [-0.1, -0.05) is 15.9 Å². The van der Waals surface area contributed by atoms with Crippen LogP contribution in [-0.2, 0) is 11.2 Å². The van der Waals surface area contributed by atoms with Crippen molar-refractivity contribution in [2.24, 2.45) is 0 Å². The highest BCUT2D eigenvalue weighted by atomic mass is 127. The van der Waals surface area contributed by atoms with E-state index in [1.807, 2.05) is 32.0 Å². The van der Waals surface area contributed by atoms with Crippen LogP contribution >= 0.6 is 38.5 Å². The van der Waals surface area contributed by atoms with Crippen LogP contribution in [0.15, 0.2) is 22.7 Å². The van der Waals surface area contributed by atoms with Crippen molar-refractivity contribution in [1.29, 1.82) is 0 Å². The van der Waals surface area contributed by atoms with Crippen molar-refractivity contribution in [3.63, 3.8) is 0 Å². The molecule has 0 unspecified atom stereocenters. The second kappa shape index (κ2) is 5.84. The van der Waals surface area contributed by atoms with Gasteiger partial charge in [-0.25, -0.2) is 0 Å². The molecule has 0 heterocycles. The van der Waals surface area contributed by atoms with E-state index in [-0.39, 0.29) is 11.9 Å². The SMILES string of the molecule is CC(C)NC(=O)Cc1cc(Br)ccc1I. The van der Waals surface area contributed by atoms with Crippen LogP contribution in [-0.4, -0.2) is 11.9 Å². The van der Waals surface area contributed by atoms with Gasteiger partial charge in [0.1, 0.15) is 0 Å². The van der Waals surface area contributed by atoms with Crippen molar-refractivity contribution in [3.8, 4) is 0 Å². The van der Waals surface area contributed by atoms with E-state index in [0.29, 0.717) is 6.42 Å². The van der Waals surface area contributed by atoms with E-state index in [1.54, 1.807) is 0 Å². The first-order valence-electron chi connectivity index (χ1n) is 4.72. The molecule has 0 saturated carbocycles. The number of benzene rings is 1. The summed E-state index contributed by atoms with van der Waals surface area (Å²) in [6, 6.07) is 6.16. The predicted molar refractivity (Wildman–Crippen MR) is 73.8 cm³/mol. The van der Waals surface area contributed by atoms with Crippen molar-refractivity contribution in [3.05, 3.63) is 31.8 Å². The number of amides is 1. The molecular weight excluding hydrogens is 369 g/mol. The number of nitrogens with one attached hydrogen (secondary N) is 1. The van der Waals surface area contributed by atoms with Crippen molar-refractivity contribution in [1.82, 2.24) is 5.32 Å². The van der Waals surface area contributed by atoms with Crippen molar-refractivity contribution >= 4 is 44.4 Å². The summed E-state index contributed by atoms with van der Waals surface area (Å²) in [6.07, 6.45) is 0.440. The molecule has 0 aliphatic rings. The first-order chi connectivity index (χ1) is 6.99. The molecule has 0 aliphatic heterocycles. The van der Waals surface area contributed by atoms with Crippen molar-refractivity contribution in [2.75, 3.05) is 0 Å². The van der Waals surface area contributed by atoms with Gasteiger partial charge in [-0.15, -0.1) is 0 Å². The molecule has 0 atom stereocenters. The maximum absolute atomic E-state index is 11.6. The number of carbonyl (C=O) groups excluding carboxylic acids is 1. The number of halogens is 2. The van der Waals surface area contributed by atoms with Crippen LogP contribution in [0, 0.1) is 3.57 Å². The molecule has 0 radical (unpaired) electrons. The lowest BCUT2D eigenvalue weighted by Gasteiger charge is -2.09. The summed E-state index contributed by atoms with van der Waals surface area (Å²) in [5.41, 5.74) is 1.06. The van der Waals surface area contributed by atoms with Crippen LogP contribution in [0.4, 0.5) is 0 Å². The average molecular weight is 382 g/mol. The lowest BCUT2D eigenvalue weighted by atomic mass is 10.1. The van der Waals surface area contributed by atoms with Crippen LogP contribution in [0.25, 0.3) is 0 Å². The number of rotatable bonds is 3. The summed E-state index contributed by atoms with van der Waals surface area (Å²) in [5, 5.41) is 2.88. The Morgan fingerprint density at radius 3 is 2.80 bits per heavy atom. The molecule has 0 fully saturated rings. The Balaban J connectivity index is 2.71. The molecule has 0 bridgehead atoms. The standard InChI is InChI=1S/C11H13BrINO/c1-7(2)14-11(15)6-8-5-9(12)3-4-10(8)13/h3-5,7H,6H2,1-2H3,(H,14,15). The van der Waals surface area contributed by atoms with Gasteiger partial charge in [-0.05, 0) is 60.2 Å². The fourth-order valence-corrected chi connectivity index (χ4v) is 2.16. The third-order valence-electron chi connectivity index (χ3n) is 1.81. The molecule has 82 valence electrons. The molecule has 2 nitrogen and oxygen atoms in total. The zero-order valence-electron chi connectivity index (χ0n) is 8.68. The van der Waals surface area contributed by atoms with Crippen LogP contribution < -0.4 is 5.32 Å². The quantitative estimate of drug-likeness (QED) is 0.801. The highest BCUT2D eigenvalue weighted by molar-refractivity contribution is 14.1. The molecule has 1 amide bonds. The van der Waals surface area contributed by atoms with Gasteiger partial charge in [-0.3, -0.25) is 4.79 Å². The minimum absolute atomic E-state index is 0.0704. The molecule has 15 heavy (non-hydrogen) atoms. The predicted octanol–water partition coefficient (Wildman–Crippen LogP) is 3.12. The Bertz CT molecular complexity index is 366. The van der Waals surface area contributed by atoms with E-state index in [0.717, 1.165) is 13.6 Å². The second-order valence-electron chi connectivity index (χ2n) is 3.63. The fourth-order valence-electron chi connectivity index (χ4n) is 1.22. The third kappa shape index (κ3) is 4.51. The van der Waals surface area contributed by atoms with E-state index in [9.17, 15) is 4.79 Å². The Labute approximate surface area is 112 Å². The topological polar surface area (TPSA) is 29.1 Å². The van der Waals surface area contributed by atoms with Gasteiger partial charge < -0.3 is 5.32 Å². The normalized spacial score (nSPS) is 10.5. The van der Waals surface area contributed by atoms with Crippen LogP contribution in [0.3, 0.4) is 0 Å². The number of carbonyl (C=O) groups is 1. The van der Waals surface area contributed by atoms with E-state index in [1.165, 1.54) is 0 Å². The summed E-state index contributed by atoms with van der Waals surface area (Å²) in [7, 11) is 0. The molecule has 0 spiro atoms. The number of hydrogen-bond acceptors (Lipinski definition) is 1. The molecule has 4 heteroatoms. The van der Waals surface area contributed by atoms with Gasteiger partial charge in [0, 0.05) is 14.1 Å². The highest BCUT2D eigenvalue weighted by Gasteiger charge is 2.07. The lowest BCUT2D eigenvalue weighted by Crippen LogP contribution is -2.31. The fraction of sp³-hybridized carbons (Fsp3) is 0.364. The molecule has 1 aromatic rings. The Morgan fingerprint density at radius 1 is 1.53 bits per heavy atom. The zero-order valence-corrected chi connectivity index (χ0v) is 12.4.